The van der Waals surface area contributed by atoms with Gasteiger partial charge in [-0.25, -0.2) is 15.0 Å². The summed E-state index contributed by atoms with van der Waals surface area (Å²) < 4.78 is 37.9. The molecule has 5 heteroatoms. The minimum atomic E-state index is -2.56. The minimum absolute atomic E-state index is 0.0551. The molecule has 0 aromatic carbocycles. The van der Waals surface area contributed by atoms with E-state index in [2.05, 4.69) is 15.0 Å². The van der Waals surface area contributed by atoms with Crippen LogP contribution in [-0.2, 0) is 0 Å². The maximum atomic E-state index is 7.73. The summed E-state index contributed by atoms with van der Waals surface area (Å²) in [5, 5.41) is 0.128. The standard InChI is InChI=1S/C8H7ClN4/c1-6-4-13(5-11-6)8-10-3-2-7(9)12-8/h2-5H,1H3/i1D3,4D,5D. The zero-order chi connectivity index (χ0) is 13.5. The van der Waals surface area contributed by atoms with E-state index in [9.17, 15) is 0 Å². The smallest absolute Gasteiger partial charge is 0.236 e. The Morgan fingerprint density at radius 1 is 1.62 bits per heavy atom. The Bertz CT molecular complexity index is 594. The lowest BCUT2D eigenvalue weighted by Crippen LogP contribution is -1.97. The van der Waals surface area contributed by atoms with Gasteiger partial charge < -0.3 is 0 Å². The van der Waals surface area contributed by atoms with Crippen molar-refractivity contribution in [3.63, 3.8) is 0 Å². The molecule has 0 saturated heterocycles. The van der Waals surface area contributed by atoms with Crippen molar-refractivity contribution in [2.45, 2.75) is 6.85 Å². The van der Waals surface area contributed by atoms with Crippen molar-refractivity contribution in [3.8, 4) is 5.95 Å². The average molecular weight is 200 g/mol. The van der Waals surface area contributed by atoms with Gasteiger partial charge in [0.1, 0.15) is 12.8 Å². The van der Waals surface area contributed by atoms with Crippen LogP contribution in [-0.4, -0.2) is 19.5 Å². The number of hydrogen-bond donors (Lipinski definition) is 0. The number of aryl methyl sites for hydroxylation is 1. The first-order valence-corrected chi connectivity index (χ1v) is 3.74. The van der Waals surface area contributed by atoms with Crippen LogP contribution in [0, 0.1) is 6.85 Å². The van der Waals surface area contributed by atoms with Gasteiger partial charge in [0.05, 0.1) is 7.06 Å². The molecule has 2 aromatic heterocycles. The number of rotatable bonds is 1. The summed E-state index contributed by atoms with van der Waals surface area (Å²) >= 11 is 5.68. The van der Waals surface area contributed by atoms with E-state index >= 15 is 0 Å². The maximum absolute atomic E-state index is 7.73. The quantitative estimate of drug-likeness (QED) is 0.656. The van der Waals surface area contributed by atoms with E-state index in [1.54, 1.807) is 0 Å². The molecule has 0 saturated carbocycles. The molecule has 0 aliphatic carbocycles. The van der Waals surface area contributed by atoms with E-state index in [0.717, 1.165) is 4.57 Å². The van der Waals surface area contributed by atoms with E-state index in [-0.39, 0.29) is 11.1 Å². The van der Waals surface area contributed by atoms with Gasteiger partial charge in [-0.2, -0.15) is 0 Å². The fraction of sp³-hybridized carbons (Fsp3) is 0.125. The highest BCUT2D eigenvalue weighted by Gasteiger charge is 2.00. The molecule has 0 spiro atoms. The number of halogens is 1. The molecule has 66 valence electrons. The number of nitrogens with zero attached hydrogens (tertiary/aromatic N) is 4. The second-order valence-electron chi connectivity index (χ2n) is 2.19. The molecule has 0 atom stereocenters. The second kappa shape index (κ2) is 3.14. The SMILES string of the molecule is [2H]c1nc(C([2H])([2H])[2H])c([2H])n1-c1nccc(Cl)n1. The van der Waals surface area contributed by atoms with Gasteiger partial charge in [0.2, 0.25) is 5.95 Å². The summed E-state index contributed by atoms with van der Waals surface area (Å²) in [6.45, 7) is -2.56. The Balaban J connectivity index is 2.63. The molecule has 2 aromatic rings. The Labute approximate surface area is 87.3 Å². The largest absolute Gasteiger partial charge is 0.274 e. The van der Waals surface area contributed by atoms with Crippen molar-refractivity contribution < 1.29 is 6.85 Å². The van der Waals surface area contributed by atoms with Gasteiger partial charge in [-0.1, -0.05) is 11.6 Å². The molecule has 13 heavy (non-hydrogen) atoms. The van der Waals surface area contributed by atoms with Gasteiger partial charge in [-0.15, -0.1) is 0 Å². The molecule has 0 bridgehead atoms. The number of hydrogen-bond acceptors (Lipinski definition) is 3. The van der Waals surface area contributed by atoms with Crippen LogP contribution < -0.4 is 0 Å². The molecule has 0 radical (unpaired) electrons. The minimum Gasteiger partial charge on any atom is -0.274 e. The van der Waals surface area contributed by atoms with E-state index in [1.807, 2.05) is 0 Å². The van der Waals surface area contributed by atoms with E-state index in [4.69, 9.17) is 18.5 Å². The van der Waals surface area contributed by atoms with Crippen LogP contribution >= 0.6 is 11.6 Å². The molecule has 0 aliphatic heterocycles. The van der Waals surface area contributed by atoms with Crippen LogP contribution in [0.3, 0.4) is 0 Å². The zero-order valence-electron chi connectivity index (χ0n) is 11.3. The monoisotopic (exact) mass is 199 g/mol. The molecule has 0 unspecified atom stereocenters. The molecule has 2 rings (SSSR count). The third-order valence-electron chi connectivity index (χ3n) is 1.29. The molecular weight excluding hydrogens is 188 g/mol. The van der Waals surface area contributed by atoms with Crippen LogP contribution in [0.15, 0.2) is 24.7 Å². The molecule has 2 heterocycles. The molecule has 4 nitrogen and oxygen atoms in total. The fourth-order valence-corrected chi connectivity index (χ4v) is 0.917. The van der Waals surface area contributed by atoms with Crippen molar-refractivity contribution in [2.24, 2.45) is 0 Å². The lowest BCUT2D eigenvalue weighted by molar-refractivity contribution is 0.925. The fourth-order valence-electron chi connectivity index (χ4n) is 0.785. The van der Waals surface area contributed by atoms with Crippen molar-refractivity contribution in [1.29, 1.82) is 0 Å². The molecule has 0 fully saturated rings. The Morgan fingerprint density at radius 2 is 2.54 bits per heavy atom. The third kappa shape index (κ3) is 1.67. The van der Waals surface area contributed by atoms with Gasteiger partial charge in [0.15, 0.2) is 0 Å². The normalized spacial score (nSPS) is 16.8. The molecule has 0 amide bonds. The third-order valence-corrected chi connectivity index (χ3v) is 1.50. The lowest BCUT2D eigenvalue weighted by atomic mass is 10.6. The summed E-state index contributed by atoms with van der Waals surface area (Å²) in [6, 6.07) is 1.43. The number of imidazole rings is 1. The van der Waals surface area contributed by atoms with Crippen LogP contribution in [0.4, 0.5) is 0 Å². The van der Waals surface area contributed by atoms with Crippen LogP contribution in [0.1, 0.15) is 12.5 Å². The Morgan fingerprint density at radius 3 is 3.23 bits per heavy atom. The van der Waals surface area contributed by atoms with Gasteiger partial charge >= 0.3 is 0 Å². The van der Waals surface area contributed by atoms with Gasteiger partial charge in [-0.05, 0) is 12.9 Å². The highest BCUT2D eigenvalue weighted by molar-refractivity contribution is 6.29. The van der Waals surface area contributed by atoms with E-state index in [1.165, 1.54) is 12.3 Å². The lowest BCUT2D eigenvalue weighted by Gasteiger charge is -1.97. The molecule has 0 aliphatic rings. The van der Waals surface area contributed by atoms with Gasteiger partial charge in [0.25, 0.3) is 0 Å². The van der Waals surface area contributed by atoms with Crippen molar-refractivity contribution in [2.75, 3.05) is 0 Å². The molecule has 0 N–H and O–H groups in total. The summed E-state index contributed by atoms with van der Waals surface area (Å²) in [7, 11) is 0. The first kappa shape index (κ1) is 4.19. The van der Waals surface area contributed by atoms with Gasteiger partial charge in [-0.3, -0.25) is 4.57 Å². The first-order chi connectivity index (χ1) is 8.30. The first-order valence-electron chi connectivity index (χ1n) is 5.86. The predicted octanol–water partition coefficient (Wildman–Crippen LogP) is 1.62. The summed E-state index contributed by atoms with van der Waals surface area (Å²) in [5.74, 6) is -0.0551. The van der Waals surface area contributed by atoms with E-state index < -0.39 is 25.0 Å². The second-order valence-corrected chi connectivity index (χ2v) is 2.57. The van der Waals surface area contributed by atoms with Gasteiger partial charge in [0, 0.05) is 16.5 Å². The topological polar surface area (TPSA) is 43.6 Å². The van der Waals surface area contributed by atoms with Crippen LogP contribution in [0.2, 0.25) is 5.15 Å². The van der Waals surface area contributed by atoms with Crippen LogP contribution in [0.25, 0.3) is 5.95 Å². The summed E-state index contributed by atoms with van der Waals surface area (Å²) in [6.07, 6.45) is 0.481. The zero-order valence-corrected chi connectivity index (χ0v) is 7.08. The maximum Gasteiger partial charge on any atom is 0.236 e. The Kier molecular flexibility index (Phi) is 1.01. The number of aromatic nitrogens is 4. The van der Waals surface area contributed by atoms with Crippen molar-refractivity contribution >= 4 is 11.6 Å². The average Bonchev–Trinajstić information content (AvgIpc) is 2.54. The summed E-state index contributed by atoms with van der Waals surface area (Å²) in [4.78, 5) is 11.2. The Hall–Kier alpha value is -1.42. The predicted molar refractivity (Wildman–Crippen MR) is 48.9 cm³/mol. The van der Waals surface area contributed by atoms with Crippen molar-refractivity contribution in [1.82, 2.24) is 19.5 Å². The van der Waals surface area contributed by atoms with E-state index in [0.29, 0.717) is 0 Å². The highest BCUT2D eigenvalue weighted by atomic mass is 35.5. The van der Waals surface area contributed by atoms with Crippen LogP contribution in [0.5, 0.6) is 0 Å². The summed E-state index contributed by atoms with van der Waals surface area (Å²) in [5.41, 5.74) is -0.462. The van der Waals surface area contributed by atoms with Crippen molar-refractivity contribution in [3.05, 3.63) is 35.6 Å². The molecular formula is C8H7ClN4. The highest BCUT2D eigenvalue weighted by Crippen LogP contribution is 2.06.